The Kier molecular flexibility index (Phi) is 6.08. The smallest absolute Gasteiger partial charge is 0.338 e. The van der Waals surface area contributed by atoms with Crippen LogP contribution in [0.3, 0.4) is 0 Å². The summed E-state index contributed by atoms with van der Waals surface area (Å²) < 4.78 is 4.90. The number of nitro groups is 1. The van der Waals surface area contributed by atoms with Crippen LogP contribution in [0.2, 0.25) is 5.02 Å². The van der Waals surface area contributed by atoms with Gasteiger partial charge in [-0.15, -0.1) is 0 Å². The lowest BCUT2D eigenvalue weighted by Gasteiger charge is -2.14. The lowest BCUT2D eigenvalue weighted by atomic mass is 10.1. The molecule has 2 aromatic carbocycles. The van der Waals surface area contributed by atoms with Crippen molar-refractivity contribution in [3.8, 4) is 0 Å². The highest BCUT2D eigenvalue weighted by molar-refractivity contribution is 6.30. The fourth-order valence-corrected chi connectivity index (χ4v) is 2.18. The maximum atomic E-state index is 11.9. The number of rotatable bonds is 6. The zero-order valence-corrected chi connectivity index (χ0v) is 14.0. The van der Waals surface area contributed by atoms with Crippen molar-refractivity contribution < 1.29 is 19.2 Å². The van der Waals surface area contributed by atoms with Gasteiger partial charge in [0.25, 0.3) is 11.6 Å². The van der Waals surface area contributed by atoms with Crippen molar-refractivity contribution in [2.75, 3.05) is 6.61 Å². The molecule has 0 bridgehead atoms. The molecule has 0 aromatic heterocycles. The SMILES string of the molecule is C[C@H](NC(=O)COC(=O)c1ccc([N+](=O)[O-])cc1)c1ccc(Cl)cc1. The zero-order valence-electron chi connectivity index (χ0n) is 13.3. The van der Waals surface area contributed by atoms with E-state index in [0.717, 1.165) is 5.56 Å². The molecule has 7 nitrogen and oxygen atoms in total. The van der Waals surface area contributed by atoms with E-state index in [1.165, 1.54) is 24.3 Å². The van der Waals surface area contributed by atoms with Crippen LogP contribution in [0.15, 0.2) is 48.5 Å². The number of carbonyl (C=O) groups excluding carboxylic acids is 2. The number of hydrogen-bond acceptors (Lipinski definition) is 5. The van der Waals surface area contributed by atoms with E-state index in [9.17, 15) is 19.7 Å². The number of hydrogen-bond donors (Lipinski definition) is 1. The third-order valence-corrected chi connectivity index (χ3v) is 3.65. The number of carbonyl (C=O) groups is 2. The van der Waals surface area contributed by atoms with E-state index >= 15 is 0 Å². The lowest BCUT2D eigenvalue weighted by molar-refractivity contribution is -0.384. The van der Waals surface area contributed by atoms with Gasteiger partial charge in [-0.1, -0.05) is 23.7 Å². The van der Waals surface area contributed by atoms with E-state index in [-0.39, 0.29) is 17.3 Å². The van der Waals surface area contributed by atoms with E-state index in [1.54, 1.807) is 31.2 Å². The maximum Gasteiger partial charge on any atom is 0.338 e. The fourth-order valence-electron chi connectivity index (χ4n) is 2.05. The second kappa shape index (κ2) is 8.25. The van der Waals surface area contributed by atoms with Gasteiger partial charge in [0.05, 0.1) is 16.5 Å². The Labute approximate surface area is 148 Å². The number of nitro benzene ring substituents is 1. The molecule has 0 radical (unpaired) electrons. The Morgan fingerprint density at radius 2 is 1.76 bits per heavy atom. The van der Waals surface area contributed by atoms with Crippen LogP contribution in [-0.2, 0) is 9.53 Å². The summed E-state index contributed by atoms with van der Waals surface area (Å²) in [4.78, 5) is 33.7. The third kappa shape index (κ3) is 5.29. The lowest BCUT2D eigenvalue weighted by Crippen LogP contribution is -2.31. The minimum Gasteiger partial charge on any atom is -0.452 e. The van der Waals surface area contributed by atoms with E-state index < -0.39 is 23.4 Å². The highest BCUT2D eigenvalue weighted by Crippen LogP contribution is 2.16. The molecule has 0 fully saturated rings. The molecule has 130 valence electrons. The molecule has 0 aliphatic carbocycles. The molecule has 1 N–H and O–H groups in total. The van der Waals surface area contributed by atoms with Gasteiger partial charge in [0.1, 0.15) is 0 Å². The monoisotopic (exact) mass is 362 g/mol. The van der Waals surface area contributed by atoms with E-state index in [0.29, 0.717) is 5.02 Å². The Hall–Kier alpha value is -2.93. The van der Waals surface area contributed by atoms with Crippen molar-refractivity contribution in [1.82, 2.24) is 5.32 Å². The second-order valence-corrected chi connectivity index (χ2v) is 5.66. The van der Waals surface area contributed by atoms with Crippen molar-refractivity contribution in [3.63, 3.8) is 0 Å². The van der Waals surface area contributed by atoms with E-state index in [2.05, 4.69) is 5.32 Å². The van der Waals surface area contributed by atoms with Crippen LogP contribution in [0.5, 0.6) is 0 Å². The van der Waals surface area contributed by atoms with Gasteiger partial charge in [-0.3, -0.25) is 14.9 Å². The Morgan fingerprint density at radius 3 is 2.32 bits per heavy atom. The molecule has 0 spiro atoms. The molecule has 0 saturated heterocycles. The topological polar surface area (TPSA) is 98.5 Å². The molecule has 2 rings (SSSR count). The minimum atomic E-state index is -0.732. The molecular weight excluding hydrogens is 348 g/mol. The normalized spacial score (nSPS) is 11.4. The number of benzene rings is 2. The van der Waals surface area contributed by atoms with Gasteiger partial charge in [-0.05, 0) is 36.8 Å². The predicted molar refractivity (Wildman–Crippen MR) is 91.4 cm³/mol. The van der Waals surface area contributed by atoms with Gasteiger partial charge in [0.2, 0.25) is 0 Å². The standard InChI is InChI=1S/C17H15ClN2O5/c1-11(12-2-6-14(18)7-3-12)19-16(21)10-25-17(22)13-4-8-15(9-5-13)20(23)24/h2-9,11H,10H2,1H3,(H,19,21)/t11-/m0/s1. The van der Waals surface area contributed by atoms with Crippen molar-refractivity contribution in [2.45, 2.75) is 13.0 Å². The molecule has 0 aliphatic heterocycles. The molecule has 25 heavy (non-hydrogen) atoms. The number of amides is 1. The summed E-state index contributed by atoms with van der Waals surface area (Å²) >= 11 is 5.81. The molecule has 1 amide bonds. The van der Waals surface area contributed by atoms with Crippen LogP contribution in [-0.4, -0.2) is 23.4 Å². The molecular formula is C17H15ClN2O5. The van der Waals surface area contributed by atoms with Gasteiger partial charge in [0, 0.05) is 17.2 Å². The number of esters is 1. The number of nitrogens with one attached hydrogen (secondary N) is 1. The highest BCUT2D eigenvalue weighted by atomic mass is 35.5. The van der Waals surface area contributed by atoms with Crippen molar-refractivity contribution >= 4 is 29.2 Å². The fraction of sp³-hybridized carbons (Fsp3) is 0.176. The first-order valence-corrected chi connectivity index (χ1v) is 7.71. The molecule has 2 aromatic rings. The van der Waals surface area contributed by atoms with Crippen LogP contribution in [0.25, 0.3) is 0 Å². The van der Waals surface area contributed by atoms with Gasteiger partial charge in [0.15, 0.2) is 6.61 Å². The van der Waals surface area contributed by atoms with Crippen LogP contribution >= 0.6 is 11.6 Å². The van der Waals surface area contributed by atoms with Crippen LogP contribution in [0.1, 0.15) is 28.9 Å². The number of non-ortho nitro benzene ring substituents is 1. The summed E-state index contributed by atoms with van der Waals surface area (Å²) in [5.41, 5.74) is 0.856. The first-order valence-electron chi connectivity index (χ1n) is 7.33. The average molecular weight is 363 g/mol. The zero-order chi connectivity index (χ0) is 18.4. The molecule has 0 aliphatic rings. The molecule has 0 heterocycles. The van der Waals surface area contributed by atoms with Gasteiger partial charge < -0.3 is 10.1 Å². The van der Waals surface area contributed by atoms with E-state index in [1.807, 2.05) is 0 Å². The average Bonchev–Trinajstić information content (AvgIpc) is 2.60. The quantitative estimate of drug-likeness (QED) is 0.483. The minimum absolute atomic E-state index is 0.129. The summed E-state index contributed by atoms with van der Waals surface area (Å²) in [6, 6.07) is 11.7. The summed E-state index contributed by atoms with van der Waals surface area (Å²) in [6.07, 6.45) is 0. The van der Waals surface area contributed by atoms with Crippen LogP contribution in [0.4, 0.5) is 5.69 Å². The maximum absolute atomic E-state index is 11.9. The van der Waals surface area contributed by atoms with E-state index in [4.69, 9.17) is 16.3 Å². The molecule has 1 atom stereocenters. The highest BCUT2D eigenvalue weighted by Gasteiger charge is 2.14. The van der Waals surface area contributed by atoms with Crippen molar-refractivity contribution in [1.29, 1.82) is 0 Å². The van der Waals surface area contributed by atoms with Crippen LogP contribution < -0.4 is 5.32 Å². The first-order chi connectivity index (χ1) is 11.9. The van der Waals surface area contributed by atoms with Crippen molar-refractivity contribution in [3.05, 3.63) is 74.8 Å². The number of halogens is 1. The second-order valence-electron chi connectivity index (χ2n) is 5.22. The number of ether oxygens (including phenoxy) is 1. The Bertz CT molecular complexity index is 775. The molecule has 0 saturated carbocycles. The van der Waals surface area contributed by atoms with Gasteiger partial charge in [-0.25, -0.2) is 4.79 Å². The largest absolute Gasteiger partial charge is 0.452 e. The molecule has 8 heteroatoms. The van der Waals surface area contributed by atoms with Crippen molar-refractivity contribution in [2.24, 2.45) is 0 Å². The molecule has 0 unspecified atom stereocenters. The van der Waals surface area contributed by atoms with Gasteiger partial charge >= 0.3 is 5.97 Å². The summed E-state index contributed by atoms with van der Waals surface area (Å²) in [5.74, 6) is -1.19. The predicted octanol–water partition coefficient (Wildman–Crippen LogP) is 3.28. The summed E-state index contributed by atoms with van der Waals surface area (Å²) in [5, 5.41) is 13.9. The third-order valence-electron chi connectivity index (χ3n) is 3.40. The summed E-state index contributed by atoms with van der Waals surface area (Å²) in [7, 11) is 0. The number of nitrogens with zero attached hydrogens (tertiary/aromatic N) is 1. The Balaban J connectivity index is 1.85. The Morgan fingerprint density at radius 1 is 1.16 bits per heavy atom. The summed E-state index contributed by atoms with van der Waals surface area (Å²) in [6.45, 7) is 1.34. The first kappa shape index (κ1) is 18.4. The van der Waals surface area contributed by atoms with Gasteiger partial charge in [-0.2, -0.15) is 0 Å². The van der Waals surface area contributed by atoms with Crippen LogP contribution in [0, 0.1) is 10.1 Å².